The Morgan fingerprint density at radius 2 is 2.00 bits per heavy atom. The van der Waals surface area contributed by atoms with Gasteiger partial charge in [-0.15, -0.1) is 0 Å². The molecule has 0 aliphatic heterocycles. The Kier molecular flexibility index (Phi) is 4.99. The molecule has 11 heavy (non-hydrogen) atoms. The Morgan fingerprint density at radius 1 is 1.45 bits per heavy atom. The third-order valence-corrected chi connectivity index (χ3v) is 1.44. The fourth-order valence-electron chi connectivity index (χ4n) is 0.466. The second kappa shape index (κ2) is 5.22. The predicted octanol–water partition coefficient (Wildman–Crippen LogP) is 1.12. The van der Waals surface area contributed by atoms with E-state index in [4.69, 9.17) is 4.74 Å². The molecule has 0 aliphatic rings. The summed E-state index contributed by atoms with van der Waals surface area (Å²) in [6.45, 7) is 5.12. The Morgan fingerprint density at radius 3 is 2.36 bits per heavy atom. The maximum absolute atomic E-state index is 10.9. The molecular formula is C6H12NO3P. The average molecular weight is 177 g/mol. The molecule has 0 aromatic rings. The molecule has 0 aromatic carbocycles. The van der Waals surface area contributed by atoms with Crippen LogP contribution < -0.4 is 5.09 Å². The highest BCUT2D eigenvalue weighted by Gasteiger charge is 2.14. The van der Waals surface area contributed by atoms with Gasteiger partial charge in [-0.25, -0.2) is 5.09 Å². The van der Waals surface area contributed by atoms with Crippen LogP contribution in [0.5, 0.6) is 0 Å². The van der Waals surface area contributed by atoms with Crippen LogP contribution in [0.2, 0.25) is 0 Å². The lowest BCUT2D eigenvalue weighted by Crippen LogP contribution is -2.31. The van der Waals surface area contributed by atoms with Crippen molar-refractivity contribution in [2.45, 2.75) is 32.9 Å². The lowest BCUT2D eigenvalue weighted by Gasteiger charge is -2.11. The molecule has 0 spiro atoms. The summed E-state index contributed by atoms with van der Waals surface area (Å²) in [5.41, 5.74) is 0. The Balaban J connectivity index is 3.72. The zero-order chi connectivity index (χ0) is 8.85. The number of hydrogen-bond donors (Lipinski definition) is 1. The molecule has 1 N–H and O–H groups in total. The fraction of sp³-hybridized carbons (Fsp3) is 0.833. The minimum Gasteiger partial charge on any atom is -0.462 e. The number of carbonyl (C=O) groups excluding carboxylic acids is 1. The monoisotopic (exact) mass is 177 g/mol. The minimum atomic E-state index is -0.517. The highest BCUT2D eigenvalue weighted by atomic mass is 31.1. The van der Waals surface area contributed by atoms with Crippen LogP contribution in [0.4, 0.5) is 0 Å². The van der Waals surface area contributed by atoms with Crippen LogP contribution >= 0.6 is 8.61 Å². The first-order valence-corrected chi connectivity index (χ1v) is 4.17. The van der Waals surface area contributed by atoms with Gasteiger partial charge < -0.3 is 4.74 Å². The van der Waals surface area contributed by atoms with Gasteiger partial charge in [-0.1, -0.05) is 0 Å². The average Bonchev–Trinajstić information content (AvgIpc) is 1.86. The van der Waals surface area contributed by atoms with Crippen molar-refractivity contribution in [3.63, 3.8) is 0 Å². The number of carbonyl (C=O) groups is 1. The normalized spacial score (nSPS) is 13.5. The number of ether oxygens (including phenoxy) is 1. The summed E-state index contributed by atoms with van der Waals surface area (Å²) in [4.78, 5) is 10.9. The fourth-order valence-corrected chi connectivity index (χ4v) is 0.730. The first kappa shape index (κ1) is 10.5. The first-order valence-electron chi connectivity index (χ1n) is 3.36. The molecule has 64 valence electrons. The smallest absolute Gasteiger partial charge is 0.323 e. The zero-order valence-corrected chi connectivity index (χ0v) is 7.72. The number of nitrogens with one attached hydrogen (secondary N) is 1. The van der Waals surface area contributed by atoms with E-state index in [1.807, 2.05) is 0 Å². The zero-order valence-electron chi connectivity index (χ0n) is 6.83. The van der Waals surface area contributed by atoms with Gasteiger partial charge in [0.15, 0.2) is 0 Å². The topological polar surface area (TPSA) is 55.4 Å². The molecule has 0 heterocycles. The Labute approximate surface area is 67.6 Å². The molecule has 0 aromatic heterocycles. The first-order chi connectivity index (χ1) is 5.07. The lowest BCUT2D eigenvalue weighted by atomic mass is 10.4. The van der Waals surface area contributed by atoms with Crippen LogP contribution in [0.3, 0.4) is 0 Å². The van der Waals surface area contributed by atoms with E-state index in [9.17, 15) is 9.36 Å². The summed E-state index contributed by atoms with van der Waals surface area (Å²) in [6.07, 6.45) is -0.130. The van der Waals surface area contributed by atoms with Gasteiger partial charge in [0.2, 0.25) is 8.61 Å². The van der Waals surface area contributed by atoms with E-state index in [0.717, 1.165) is 0 Å². The van der Waals surface area contributed by atoms with Crippen molar-refractivity contribution in [1.29, 1.82) is 0 Å². The van der Waals surface area contributed by atoms with E-state index >= 15 is 0 Å². The number of rotatable bonds is 4. The predicted molar refractivity (Wildman–Crippen MR) is 41.4 cm³/mol. The molecular weight excluding hydrogens is 165 g/mol. The van der Waals surface area contributed by atoms with Gasteiger partial charge in [0.1, 0.15) is 6.04 Å². The van der Waals surface area contributed by atoms with E-state index < -0.39 is 6.04 Å². The second-order valence-corrected chi connectivity index (χ2v) is 2.87. The third kappa shape index (κ3) is 4.87. The minimum absolute atomic E-state index is 0.130. The lowest BCUT2D eigenvalue weighted by molar-refractivity contribution is -0.148. The maximum Gasteiger partial charge on any atom is 0.323 e. The molecule has 0 saturated heterocycles. The summed E-state index contributed by atoms with van der Waals surface area (Å²) >= 11 is 0. The van der Waals surface area contributed by atoms with Crippen molar-refractivity contribution in [2.75, 3.05) is 0 Å². The molecule has 0 aliphatic carbocycles. The van der Waals surface area contributed by atoms with Gasteiger partial charge in [-0.3, -0.25) is 9.36 Å². The van der Waals surface area contributed by atoms with Crippen LogP contribution in [0, 0.1) is 0 Å². The molecule has 0 saturated carbocycles. The third-order valence-electron chi connectivity index (χ3n) is 0.952. The molecule has 0 fully saturated rings. The maximum atomic E-state index is 10.9. The van der Waals surface area contributed by atoms with Crippen LogP contribution in [0.25, 0.3) is 0 Å². The second-order valence-electron chi connectivity index (χ2n) is 2.43. The molecule has 0 bridgehead atoms. The summed E-state index contributed by atoms with van der Waals surface area (Å²) < 4.78 is 14.8. The molecule has 4 nitrogen and oxygen atoms in total. The van der Waals surface area contributed by atoms with Crippen molar-refractivity contribution in [2.24, 2.45) is 0 Å². The van der Waals surface area contributed by atoms with Crippen molar-refractivity contribution in [3.8, 4) is 0 Å². The van der Waals surface area contributed by atoms with E-state index in [1.54, 1.807) is 20.8 Å². The summed E-state index contributed by atoms with van der Waals surface area (Å²) in [6, 6.07) is -0.517. The van der Waals surface area contributed by atoms with E-state index in [2.05, 4.69) is 5.09 Å². The van der Waals surface area contributed by atoms with Crippen molar-refractivity contribution < 1.29 is 14.1 Å². The molecule has 0 amide bonds. The molecule has 0 rings (SSSR count). The van der Waals surface area contributed by atoms with Gasteiger partial charge in [-0.05, 0) is 20.8 Å². The quantitative estimate of drug-likeness (QED) is 0.516. The van der Waals surface area contributed by atoms with E-state index in [0.29, 0.717) is 0 Å². The molecule has 0 radical (unpaired) electrons. The van der Waals surface area contributed by atoms with Gasteiger partial charge in [-0.2, -0.15) is 0 Å². The largest absolute Gasteiger partial charge is 0.462 e. The van der Waals surface area contributed by atoms with Gasteiger partial charge in [0, 0.05) is 0 Å². The highest BCUT2D eigenvalue weighted by molar-refractivity contribution is 7.21. The summed E-state index contributed by atoms with van der Waals surface area (Å²) in [7, 11) is -0.255. The molecule has 0 unspecified atom stereocenters. The van der Waals surface area contributed by atoms with Crippen LogP contribution in [-0.2, 0) is 14.1 Å². The van der Waals surface area contributed by atoms with Crippen molar-refractivity contribution >= 4 is 14.6 Å². The van der Waals surface area contributed by atoms with Crippen LogP contribution in [0.15, 0.2) is 0 Å². The van der Waals surface area contributed by atoms with Crippen molar-refractivity contribution in [3.05, 3.63) is 0 Å². The van der Waals surface area contributed by atoms with Gasteiger partial charge in [0.25, 0.3) is 0 Å². The van der Waals surface area contributed by atoms with Crippen LogP contribution in [-0.4, -0.2) is 18.1 Å². The number of hydrogen-bond acceptors (Lipinski definition) is 3. The van der Waals surface area contributed by atoms with Crippen LogP contribution in [0.1, 0.15) is 20.8 Å². The summed E-state index contributed by atoms with van der Waals surface area (Å²) in [5, 5.41) is 2.39. The highest BCUT2D eigenvalue weighted by Crippen LogP contribution is 1.96. The molecule has 5 heteroatoms. The standard InChI is InChI=1S/C6H12NO3P/c1-4(2)10-6(8)5(3)7-11-9/h4-5H,1-3H3,(H,7,9)/t5-/m0/s1. The Hall–Kier alpha value is -0.470. The van der Waals surface area contributed by atoms with Gasteiger partial charge in [0.05, 0.1) is 6.10 Å². The van der Waals surface area contributed by atoms with E-state index in [-0.39, 0.29) is 20.7 Å². The van der Waals surface area contributed by atoms with Gasteiger partial charge >= 0.3 is 5.97 Å². The Bertz CT molecular complexity index is 149. The summed E-state index contributed by atoms with van der Waals surface area (Å²) in [5.74, 6) is -0.386. The SMILES string of the molecule is CC(C)OC(=O)[C@H](C)NP=O. The number of esters is 1. The van der Waals surface area contributed by atoms with E-state index in [1.165, 1.54) is 0 Å². The molecule has 1 atom stereocenters. The van der Waals surface area contributed by atoms with Crippen molar-refractivity contribution in [1.82, 2.24) is 5.09 Å².